The molecule has 22 heavy (non-hydrogen) atoms. The molecular weight excluding hydrogens is 278 g/mol. The van der Waals surface area contributed by atoms with Crippen LogP contribution in [0.1, 0.15) is 43.1 Å². The van der Waals surface area contributed by atoms with Crippen molar-refractivity contribution in [2.75, 3.05) is 39.4 Å². The average molecular weight is 305 g/mol. The van der Waals surface area contributed by atoms with Gasteiger partial charge >= 0.3 is 0 Å². The highest BCUT2D eigenvalue weighted by Gasteiger charge is 2.29. The van der Waals surface area contributed by atoms with Gasteiger partial charge in [0.25, 0.3) is 0 Å². The Morgan fingerprint density at radius 2 is 2.09 bits per heavy atom. The molecule has 1 saturated carbocycles. The first-order valence-corrected chi connectivity index (χ1v) is 8.86. The third-order valence-electron chi connectivity index (χ3n) is 5.11. The van der Waals surface area contributed by atoms with Crippen LogP contribution in [0, 0.1) is 5.92 Å². The minimum Gasteiger partial charge on any atom is -0.378 e. The van der Waals surface area contributed by atoms with Gasteiger partial charge in [0, 0.05) is 26.1 Å². The first-order valence-electron chi connectivity index (χ1n) is 8.86. The fourth-order valence-electron chi connectivity index (χ4n) is 3.57. The number of ether oxygens (including phenoxy) is 1. The lowest BCUT2D eigenvalue weighted by atomic mass is 10.1. The van der Waals surface area contributed by atoms with Crippen molar-refractivity contribution in [3.05, 3.63) is 11.4 Å². The highest BCUT2D eigenvalue weighted by Crippen LogP contribution is 2.31. The summed E-state index contributed by atoms with van der Waals surface area (Å²) in [6, 6.07) is 0.218. The summed E-state index contributed by atoms with van der Waals surface area (Å²) in [5, 5.41) is 12.3. The molecule has 4 rings (SSSR count). The Kier molecular flexibility index (Phi) is 4.41. The standard InChI is InChI=1S/C16H27N5O/c1-2-8-20(7-1)9-10-22-12-14-16-15(5-6-17-14)21(19-18-16)11-13-3-4-13/h13-14,17H,1-12H2. The van der Waals surface area contributed by atoms with Crippen LogP contribution in [-0.2, 0) is 17.7 Å². The van der Waals surface area contributed by atoms with Crippen molar-refractivity contribution in [2.45, 2.75) is 44.7 Å². The van der Waals surface area contributed by atoms with E-state index in [0.29, 0.717) is 6.61 Å². The quantitative estimate of drug-likeness (QED) is 0.761. The van der Waals surface area contributed by atoms with Gasteiger partial charge in [-0.3, -0.25) is 0 Å². The third kappa shape index (κ3) is 3.34. The van der Waals surface area contributed by atoms with E-state index < -0.39 is 0 Å². The minimum atomic E-state index is 0.218. The van der Waals surface area contributed by atoms with Crippen molar-refractivity contribution in [3.8, 4) is 0 Å². The molecule has 6 nitrogen and oxygen atoms in total. The van der Waals surface area contributed by atoms with Crippen LogP contribution in [0.4, 0.5) is 0 Å². The molecular formula is C16H27N5O. The Morgan fingerprint density at radius 3 is 2.91 bits per heavy atom. The smallest absolute Gasteiger partial charge is 0.105 e. The fourth-order valence-corrected chi connectivity index (χ4v) is 3.57. The van der Waals surface area contributed by atoms with E-state index in [1.807, 2.05) is 0 Å². The zero-order valence-corrected chi connectivity index (χ0v) is 13.3. The minimum absolute atomic E-state index is 0.218. The van der Waals surface area contributed by atoms with Crippen LogP contribution in [0.5, 0.6) is 0 Å². The number of nitrogens with one attached hydrogen (secondary N) is 1. The molecule has 1 unspecified atom stereocenters. The van der Waals surface area contributed by atoms with E-state index in [1.165, 1.54) is 44.5 Å². The Bertz CT molecular complexity index is 493. The van der Waals surface area contributed by atoms with Gasteiger partial charge in [-0.25, -0.2) is 4.68 Å². The van der Waals surface area contributed by atoms with Crippen LogP contribution in [0.2, 0.25) is 0 Å². The molecule has 1 aromatic heterocycles. The van der Waals surface area contributed by atoms with E-state index in [1.54, 1.807) is 0 Å². The van der Waals surface area contributed by atoms with Gasteiger partial charge in [0.1, 0.15) is 5.69 Å². The highest BCUT2D eigenvalue weighted by molar-refractivity contribution is 5.18. The lowest BCUT2D eigenvalue weighted by Gasteiger charge is -2.23. The van der Waals surface area contributed by atoms with E-state index in [9.17, 15) is 0 Å². The fraction of sp³-hybridized carbons (Fsp3) is 0.875. The predicted molar refractivity (Wildman–Crippen MR) is 83.7 cm³/mol. The van der Waals surface area contributed by atoms with Crippen LogP contribution in [0.3, 0.4) is 0 Å². The maximum absolute atomic E-state index is 5.91. The van der Waals surface area contributed by atoms with Gasteiger partial charge in [-0.15, -0.1) is 5.10 Å². The first kappa shape index (κ1) is 14.6. The highest BCUT2D eigenvalue weighted by atomic mass is 16.5. The number of hydrogen-bond acceptors (Lipinski definition) is 5. The normalized spacial score (nSPS) is 25.5. The van der Waals surface area contributed by atoms with Crippen molar-refractivity contribution in [3.63, 3.8) is 0 Å². The monoisotopic (exact) mass is 305 g/mol. The summed E-state index contributed by atoms with van der Waals surface area (Å²) in [5.74, 6) is 0.843. The molecule has 0 radical (unpaired) electrons. The molecule has 1 atom stereocenters. The van der Waals surface area contributed by atoms with Crippen molar-refractivity contribution < 1.29 is 4.74 Å². The summed E-state index contributed by atoms with van der Waals surface area (Å²) in [4.78, 5) is 2.49. The maximum Gasteiger partial charge on any atom is 0.105 e. The molecule has 2 fully saturated rings. The van der Waals surface area contributed by atoms with Gasteiger partial charge in [0.15, 0.2) is 0 Å². The number of rotatable bonds is 7. The summed E-state index contributed by atoms with van der Waals surface area (Å²) in [7, 11) is 0. The molecule has 0 spiro atoms. The molecule has 1 saturated heterocycles. The molecule has 3 heterocycles. The Balaban J connectivity index is 1.28. The zero-order chi connectivity index (χ0) is 14.8. The summed E-state index contributed by atoms with van der Waals surface area (Å²) in [6.45, 7) is 7.14. The summed E-state index contributed by atoms with van der Waals surface area (Å²) in [5.41, 5.74) is 2.45. The van der Waals surface area contributed by atoms with Crippen LogP contribution in [-0.4, -0.2) is 59.3 Å². The Morgan fingerprint density at radius 1 is 1.23 bits per heavy atom. The molecule has 2 aliphatic heterocycles. The van der Waals surface area contributed by atoms with Crippen LogP contribution < -0.4 is 5.32 Å². The first-order chi connectivity index (χ1) is 10.9. The second kappa shape index (κ2) is 6.64. The molecule has 0 amide bonds. The number of aromatic nitrogens is 3. The van der Waals surface area contributed by atoms with Crippen molar-refractivity contribution >= 4 is 0 Å². The van der Waals surface area contributed by atoms with Gasteiger partial charge in [-0.2, -0.15) is 0 Å². The zero-order valence-electron chi connectivity index (χ0n) is 13.3. The summed E-state index contributed by atoms with van der Waals surface area (Å²) in [6.07, 6.45) is 6.44. The van der Waals surface area contributed by atoms with E-state index in [4.69, 9.17) is 4.74 Å². The SMILES string of the molecule is C1CCN(CCOCC2NCCc3c2nnn3CC2CC2)C1. The summed E-state index contributed by atoms with van der Waals surface area (Å²) >= 11 is 0. The van der Waals surface area contributed by atoms with E-state index in [-0.39, 0.29) is 6.04 Å². The average Bonchev–Trinajstić information content (AvgIpc) is 3.03. The molecule has 1 N–H and O–H groups in total. The topological polar surface area (TPSA) is 55.2 Å². The third-order valence-corrected chi connectivity index (χ3v) is 5.11. The van der Waals surface area contributed by atoms with Gasteiger partial charge in [0.05, 0.1) is 24.9 Å². The molecule has 122 valence electrons. The van der Waals surface area contributed by atoms with Gasteiger partial charge in [-0.05, 0) is 44.7 Å². The van der Waals surface area contributed by atoms with Crippen molar-refractivity contribution in [1.82, 2.24) is 25.2 Å². The maximum atomic E-state index is 5.91. The molecule has 6 heteroatoms. The predicted octanol–water partition coefficient (Wildman–Crippen LogP) is 0.987. The molecule has 1 aliphatic carbocycles. The lowest BCUT2D eigenvalue weighted by Crippen LogP contribution is -2.34. The molecule has 0 bridgehead atoms. The van der Waals surface area contributed by atoms with Crippen LogP contribution in [0.15, 0.2) is 0 Å². The number of hydrogen-bond donors (Lipinski definition) is 1. The molecule has 1 aromatic rings. The van der Waals surface area contributed by atoms with Gasteiger partial charge < -0.3 is 15.0 Å². The van der Waals surface area contributed by atoms with Crippen LogP contribution >= 0.6 is 0 Å². The van der Waals surface area contributed by atoms with E-state index in [2.05, 4.69) is 25.2 Å². The second-order valence-corrected chi connectivity index (χ2v) is 6.93. The molecule has 0 aromatic carbocycles. The van der Waals surface area contributed by atoms with Crippen molar-refractivity contribution in [1.29, 1.82) is 0 Å². The van der Waals surface area contributed by atoms with E-state index >= 15 is 0 Å². The summed E-state index contributed by atoms with van der Waals surface area (Å²) < 4.78 is 8.06. The van der Waals surface area contributed by atoms with Gasteiger partial charge in [0.2, 0.25) is 0 Å². The molecule has 3 aliphatic rings. The Labute approximate surface area is 132 Å². The second-order valence-electron chi connectivity index (χ2n) is 6.93. The number of nitrogens with zero attached hydrogens (tertiary/aromatic N) is 4. The van der Waals surface area contributed by atoms with Crippen LogP contribution in [0.25, 0.3) is 0 Å². The number of likely N-dealkylation sites (tertiary alicyclic amines) is 1. The number of fused-ring (bicyclic) bond motifs is 1. The largest absolute Gasteiger partial charge is 0.378 e. The van der Waals surface area contributed by atoms with E-state index in [0.717, 1.165) is 44.3 Å². The Hall–Kier alpha value is -0.980. The van der Waals surface area contributed by atoms with Crippen molar-refractivity contribution in [2.24, 2.45) is 5.92 Å². The lowest BCUT2D eigenvalue weighted by molar-refractivity contribution is 0.0902. The van der Waals surface area contributed by atoms with Gasteiger partial charge in [-0.1, -0.05) is 5.21 Å².